The van der Waals surface area contributed by atoms with Crippen LogP contribution in [0, 0.1) is 5.92 Å². The Balaban J connectivity index is 1.93. The molecule has 104 valence electrons. The lowest BCUT2D eigenvalue weighted by Gasteiger charge is -2.26. The minimum Gasteiger partial charge on any atom is -0.338 e. The van der Waals surface area contributed by atoms with Crippen molar-refractivity contribution in [3.8, 4) is 0 Å². The van der Waals surface area contributed by atoms with Crippen LogP contribution in [0.1, 0.15) is 27.2 Å². The molecule has 1 N–H and O–H groups in total. The minimum atomic E-state index is -2.88. The number of hydrogen-bond acceptors (Lipinski definition) is 2. The molecule has 1 aliphatic heterocycles. The van der Waals surface area contributed by atoms with E-state index >= 15 is 0 Å². The molecule has 1 saturated heterocycles. The molecular weight excluding hydrogens is 245 g/mol. The zero-order valence-corrected chi connectivity index (χ0v) is 10.8. The average molecular weight is 264 g/mol. The van der Waals surface area contributed by atoms with Crippen molar-refractivity contribution in [1.29, 1.82) is 0 Å². The monoisotopic (exact) mass is 264 g/mol. The van der Waals surface area contributed by atoms with Gasteiger partial charge in [0.05, 0.1) is 12.6 Å². The Bertz CT molecular complexity index is 354. The summed E-state index contributed by atoms with van der Waals surface area (Å²) in [6, 6.07) is -0.471. The van der Waals surface area contributed by atoms with E-state index in [1.54, 1.807) is 0 Å². The fourth-order valence-electron chi connectivity index (χ4n) is 2.34. The van der Waals surface area contributed by atoms with Gasteiger partial charge in [0.25, 0.3) is 5.92 Å². The van der Waals surface area contributed by atoms with Gasteiger partial charge in [-0.25, -0.2) is 13.2 Å². The number of rotatable bonds is 2. The average Bonchev–Trinajstić information content (AvgIpc) is 2.67. The second-order valence-corrected chi connectivity index (χ2v) is 6.28. The predicted octanol–water partition coefficient (Wildman–Crippen LogP) is 1.58. The van der Waals surface area contributed by atoms with Crippen molar-refractivity contribution in [2.24, 2.45) is 5.92 Å². The molecule has 2 aliphatic rings. The third-order valence-electron chi connectivity index (χ3n) is 3.30. The molecule has 0 aromatic heterocycles. The number of amides is 1. The highest BCUT2D eigenvalue weighted by atomic mass is 19.3. The number of halogens is 3. The Morgan fingerprint density at radius 2 is 1.89 bits per heavy atom. The molecule has 0 radical (unpaired) electrons. The standard InChI is InChI=1S/C12H19F3N2O/c1-11(2,3)16-9-6-17(5-8(9)13)10(18)7-4-12(7,14)15/h7-9,16H,4-6H2,1-3H3/t7?,8-,9+/m0/s1. The van der Waals surface area contributed by atoms with Gasteiger partial charge in [-0.1, -0.05) is 0 Å². The van der Waals surface area contributed by atoms with Crippen molar-refractivity contribution in [2.75, 3.05) is 13.1 Å². The van der Waals surface area contributed by atoms with E-state index in [0.717, 1.165) is 0 Å². The predicted molar refractivity (Wildman–Crippen MR) is 61.2 cm³/mol. The van der Waals surface area contributed by atoms with E-state index in [1.807, 2.05) is 20.8 Å². The van der Waals surface area contributed by atoms with Gasteiger partial charge in [0.2, 0.25) is 5.91 Å². The molecule has 2 rings (SSSR count). The maximum Gasteiger partial charge on any atom is 0.260 e. The van der Waals surface area contributed by atoms with Gasteiger partial charge >= 0.3 is 0 Å². The molecule has 3 nitrogen and oxygen atoms in total. The SMILES string of the molecule is CC(C)(C)N[C@@H]1CN(C(=O)C2CC2(F)F)C[C@@H]1F. The van der Waals surface area contributed by atoms with Crippen LogP contribution in [0.3, 0.4) is 0 Å². The van der Waals surface area contributed by atoms with Gasteiger partial charge in [-0.15, -0.1) is 0 Å². The first-order valence-corrected chi connectivity index (χ1v) is 6.18. The molecule has 18 heavy (non-hydrogen) atoms. The van der Waals surface area contributed by atoms with Crippen molar-refractivity contribution in [1.82, 2.24) is 10.2 Å². The van der Waals surface area contributed by atoms with Crippen LogP contribution in [0.25, 0.3) is 0 Å². The first kappa shape index (κ1) is 13.6. The number of nitrogens with zero attached hydrogens (tertiary/aromatic N) is 1. The second-order valence-electron chi connectivity index (χ2n) is 6.28. The van der Waals surface area contributed by atoms with Gasteiger partial charge in [-0.05, 0) is 20.8 Å². The summed E-state index contributed by atoms with van der Waals surface area (Å²) in [5, 5.41) is 3.08. The smallest absolute Gasteiger partial charge is 0.260 e. The first-order chi connectivity index (χ1) is 8.10. The molecule has 0 spiro atoms. The summed E-state index contributed by atoms with van der Waals surface area (Å²) in [5.41, 5.74) is -0.266. The van der Waals surface area contributed by atoms with Crippen LogP contribution >= 0.6 is 0 Å². The number of alkyl halides is 3. The summed E-state index contributed by atoms with van der Waals surface area (Å²) in [6.45, 7) is 5.79. The van der Waals surface area contributed by atoms with Crippen molar-refractivity contribution in [2.45, 2.75) is 50.9 Å². The highest BCUT2D eigenvalue weighted by Gasteiger charge is 2.62. The fraction of sp³-hybridized carbons (Fsp3) is 0.917. The quantitative estimate of drug-likeness (QED) is 0.821. The number of carbonyl (C=O) groups is 1. The summed E-state index contributed by atoms with van der Waals surface area (Å²) in [7, 11) is 0. The Morgan fingerprint density at radius 1 is 1.33 bits per heavy atom. The topological polar surface area (TPSA) is 32.3 Å². The molecule has 0 aromatic carbocycles. The molecule has 1 amide bonds. The lowest BCUT2D eigenvalue weighted by Crippen LogP contribution is -2.48. The summed E-state index contributed by atoms with van der Waals surface area (Å²) in [5.74, 6) is -4.71. The van der Waals surface area contributed by atoms with E-state index < -0.39 is 36.4 Å². The van der Waals surface area contributed by atoms with Crippen LogP contribution in [0.2, 0.25) is 0 Å². The van der Waals surface area contributed by atoms with E-state index in [0.29, 0.717) is 0 Å². The normalized spacial score (nSPS) is 34.8. The largest absolute Gasteiger partial charge is 0.338 e. The molecule has 2 fully saturated rings. The first-order valence-electron chi connectivity index (χ1n) is 6.18. The van der Waals surface area contributed by atoms with Crippen molar-refractivity contribution >= 4 is 5.91 Å². The van der Waals surface area contributed by atoms with E-state index in [4.69, 9.17) is 0 Å². The summed E-state index contributed by atoms with van der Waals surface area (Å²) in [4.78, 5) is 13.0. The molecular formula is C12H19F3N2O. The Hall–Kier alpha value is -0.780. The number of hydrogen-bond donors (Lipinski definition) is 1. The molecule has 1 saturated carbocycles. The zero-order valence-electron chi connectivity index (χ0n) is 10.8. The molecule has 6 heteroatoms. The Labute approximate surface area is 105 Å². The molecule has 0 aromatic rings. The minimum absolute atomic E-state index is 0.0842. The van der Waals surface area contributed by atoms with E-state index in [1.165, 1.54) is 4.90 Å². The van der Waals surface area contributed by atoms with Crippen molar-refractivity contribution < 1.29 is 18.0 Å². The van der Waals surface area contributed by atoms with E-state index in [-0.39, 0.29) is 18.6 Å². The van der Waals surface area contributed by atoms with Crippen LogP contribution in [0.4, 0.5) is 13.2 Å². The highest BCUT2D eigenvalue weighted by Crippen LogP contribution is 2.49. The summed E-state index contributed by atoms with van der Waals surface area (Å²) < 4.78 is 39.4. The van der Waals surface area contributed by atoms with Crippen LogP contribution in [0.15, 0.2) is 0 Å². The lowest BCUT2D eigenvalue weighted by molar-refractivity contribution is -0.134. The molecule has 0 bridgehead atoms. The van der Waals surface area contributed by atoms with Gasteiger partial charge in [0.15, 0.2) is 0 Å². The van der Waals surface area contributed by atoms with Gasteiger partial charge in [0, 0.05) is 18.5 Å². The van der Waals surface area contributed by atoms with Gasteiger partial charge < -0.3 is 10.2 Å². The number of carbonyl (C=O) groups excluding carboxylic acids is 1. The lowest BCUT2D eigenvalue weighted by atomic mass is 10.1. The Morgan fingerprint density at radius 3 is 2.33 bits per heavy atom. The maximum atomic E-state index is 13.8. The van der Waals surface area contributed by atoms with E-state index in [2.05, 4.69) is 5.32 Å². The van der Waals surface area contributed by atoms with Gasteiger partial charge in [-0.3, -0.25) is 4.79 Å². The number of likely N-dealkylation sites (tertiary alicyclic amines) is 1. The molecule has 1 unspecified atom stereocenters. The third kappa shape index (κ3) is 2.79. The van der Waals surface area contributed by atoms with Crippen molar-refractivity contribution in [3.63, 3.8) is 0 Å². The Kier molecular flexibility index (Phi) is 3.12. The van der Waals surface area contributed by atoms with Crippen LogP contribution in [0.5, 0.6) is 0 Å². The van der Waals surface area contributed by atoms with Gasteiger partial charge in [-0.2, -0.15) is 0 Å². The maximum absolute atomic E-state index is 13.8. The van der Waals surface area contributed by atoms with E-state index in [9.17, 15) is 18.0 Å². The summed E-state index contributed by atoms with van der Waals surface area (Å²) in [6.07, 6.45) is -1.59. The van der Waals surface area contributed by atoms with Crippen LogP contribution in [-0.2, 0) is 4.79 Å². The number of nitrogens with one attached hydrogen (secondary N) is 1. The highest BCUT2D eigenvalue weighted by molar-refractivity contribution is 5.83. The summed E-state index contributed by atoms with van der Waals surface area (Å²) >= 11 is 0. The zero-order chi connectivity index (χ0) is 13.7. The third-order valence-corrected chi connectivity index (χ3v) is 3.30. The second kappa shape index (κ2) is 4.11. The fourth-order valence-corrected chi connectivity index (χ4v) is 2.34. The molecule has 1 heterocycles. The van der Waals surface area contributed by atoms with Crippen molar-refractivity contribution in [3.05, 3.63) is 0 Å². The molecule has 3 atom stereocenters. The van der Waals surface area contributed by atoms with Gasteiger partial charge in [0.1, 0.15) is 12.1 Å². The van der Waals surface area contributed by atoms with Crippen LogP contribution in [-0.4, -0.2) is 47.6 Å². The van der Waals surface area contributed by atoms with Crippen LogP contribution < -0.4 is 5.32 Å². The molecule has 1 aliphatic carbocycles.